The molecule has 23 nitrogen and oxygen atoms in total. The van der Waals surface area contributed by atoms with Gasteiger partial charge in [0.25, 0.3) is 0 Å². The highest BCUT2D eigenvalue weighted by atomic mass is 19.4. The van der Waals surface area contributed by atoms with Crippen molar-refractivity contribution in [2.75, 3.05) is 26.4 Å². The number of aldehydes is 2. The quantitative estimate of drug-likeness (QED) is 0.0758. The molecule has 0 aromatic heterocycles. The zero-order chi connectivity index (χ0) is 53.0. The Labute approximate surface area is 393 Å². The second kappa shape index (κ2) is 32.7. The lowest BCUT2D eigenvalue weighted by Crippen LogP contribution is -2.42. The maximum Gasteiger partial charge on any atom is 0.762 e. The molecular formula is C42H54BF3O23. The van der Waals surface area contributed by atoms with E-state index in [4.69, 9.17) is 62.3 Å². The number of hydrogen-bond donors (Lipinski definition) is 3. The number of hydrogen-bond acceptors (Lipinski definition) is 23. The summed E-state index contributed by atoms with van der Waals surface area (Å²) in [6, 6.07) is 7.78. The number of ether oxygens (including phenoxy) is 11. The van der Waals surface area contributed by atoms with Crippen LogP contribution >= 0.6 is 0 Å². The molecule has 2 aromatic rings. The zero-order valence-electron chi connectivity index (χ0n) is 38.8. The normalized spacial score (nSPS) is 20.5. The van der Waals surface area contributed by atoms with E-state index >= 15 is 0 Å². The largest absolute Gasteiger partial charge is 0.762 e. The van der Waals surface area contributed by atoms with Crippen molar-refractivity contribution in [1.29, 1.82) is 0 Å². The number of carbonyl (C=O) groups excluding carboxylic acids is 9. The minimum absolute atomic E-state index is 0.0533. The topological polar surface area (TPSA) is 316 Å². The van der Waals surface area contributed by atoms with Gasteiger partial charge in [-0.15, -0.1) is 0 Å². The van der Waals surface area contributed by atoms with E-state index in [-0.39, 0.29) is 41.8 Å². The zero-order valence-corrected chi connectivity index (χ0v) is 38.8. The van der Waals surface area contributed by atoms with Crippen LogP contribution in [0.5, 0.6) is 23.0 Å². The van der Waals surface area contributed by atoms with Gasteiger partial charge in [0, 0.05) is 72.8 Å². The maximum atomic E-state index is 11.5. The van der Waals surface area contributed by atoms with E-state index in [0.717, 1.165) is 47.8 Å². The highest BCUT2D eigenvalue weighted by molar-refractivity contribution is 6.33. The minimum Gasteiger partial charge on any atom is -0.504 e. The average Bonchev–Trinajstić information content (AvgIpc) is 3.71. The highest BCUT2D eigenvalue weighted by Gasteiger charge is 2.52. The fraction of sp³-hybridized carbons (Fsp3) is 0.500. The van der Waals surface area contributed by atoms with Gasteiger partial charge in [0.05, 0.1) is 0 Å². The molecule has 27 heteroatoms. The van der Waals surface area contributed by atoms with Crippen molar-refractivity contribution in [2.24, 2.45) is 0 Å². The lowest BCUT2D eigenvalue weighted by Gasteiger charge is -2.23. The van der Waals surface area contributed by atoms with E-state index in [1.165, 1.54) is 50.2 Å². The predicted octanol–water partition coefficient (Wildman–Crippen LogP) is 3.27. The number of phenols is 3. The molecular weight excluding hydrogens is 940 g/mol. The summed E-state index contributed by atoms with van der Waals surface area (Å²) < 4.78 is 85.5. The molecule has 3 N–H and O–H groups in total. The van der Waals surface area contributed by atoms with Gasteiger partial charge in [-0.05, 0) is 50.2 Å². The monoisotopic (exact) mass is 994 g/mol. The first-order valence-electron chi connectivity index (χ1n) is 20.2. The van der Waals surface area contributed by atoms with Crippen LogP contribution in [0.15, 0.2) is 36.4 Å². The third kappa shape index (κ3) is 25.6. The molecule has 69 heavy (non-hydrogen) atoms. The maximum absolute atomic E-state index is 11.5. The molecule has 2 aliphatic heterocycles. The molecule has 384 valence electrons. The van der Waals surface area contributed by atoms with Crippen LogP contribution in [-0.2, 0) is 80.9 Å². The number of benzene rings is 2. The van der Waals surface area contributed by atoms with Gasteiger partial charge >= 0.3 is 49.3 Å². The van der Waals surface area contributed by atoms with Crippen LogP contribution < -0.4 is 4.74 Å². The molecule has 4 rings (SSSR count). The Hall–Kier alpha value is -7.00. The molecule has 2 fully saturated rings. The molecule has 8 unspecified atom stereocenters. The van der Waals surface area contributed by atoms with Gasteiger partial charge in [-0.1, -0.05) is 0 Å². The predicted molar refractivity (Wildman–Crippen MR) is 225 cm³/mol. The molecule has 0 amide bonds. The van der Waals surface area contributed by atoms with Crippen molar-refractivity contribution in [3.63, 3.8) is 0 Å². The molecule has 8 atom stereocenters. The SMILES string of the molecule is CC(=O)OCC1OC(OC(C)=O)C(OC(C)=O)C1OC(C)=O.CC(=O)OCC1OC(Oc2ccc(C=O)cc2O)C(OC(C)=O)C1OC(C)=O.CCOCC.FB(F)F.O=Cc1ccc(O)c(O)c1. The molecule has 0 spiro atoms. The minimum atomic E-state index is -3.67. The lowest BCUT2D eigenvalue weighted by atomic mass is 10.1. The summed E-state index contributed by atoms with van der Waals surface area (Å²) in [4.78, 5) is 99.3. The fourth-order valence-corrected chi connectivity index (χ4v) is 5.36. The standard InChI is InChI=1S/C18H20O10.C13H18O9.C7H6O3.C4H10O.BF3/c1-9(20)24-8-15-16(25-10(2)21)17(26-11(3)22)18(28-15)27-14-5-4-12(7-19)6-13(14)23;1-6(14)18-5-10-11(19-7(2)15)12(20-8(3)16)13(22-10)21-9(4)17;8-4-5-1-2-6(9)7(10)3-5;1-3-5-4-2;2-1(3)4/h4-7,15-18,23H,8H2,1-3H3;10-13H,5H2,1-4H3;1-4,9-10H;3-4H2,1-2H3;. The third-order valence-electron chi connectivity index (χ3n) is 7.83. The van der Waals surface area contributed by atoms with Crippen LogP contribution in [0.4, 0.5) is 12.9 Å². The van der Waals surface area contributed by atoms with Crippen LogP contribution in [0, 0.1) is 0 Å². The molecule has 2 aromatic carbocycles. The number of phenolic OH excluding ortho intramolecular Hbond substituents is 3. The number of carbonyl (C=O) groups is 9. The van der Waals surface area contributed by atoms with Crippen LogP contribution in [0.3, 0.4) is 0 Å². The Bertz CT molecular complexity index is 2000. The number of aromatic hydroxyl groups is 3. The fourth-order valence-electron chi connectivity index (χ4n) is 5.36. The van der Waals surface area contributed by atoms with Crippen molar-refractivity contribution >= 4 is 61.9 Å². The molecule has 2 saturated heterocycles. The second-order valence-corrected chi connectivity index (χ2v) is 13.5. The Morgan fingerprint density at radius 3 is 1.23 bits per heavy atom. The van der Waals surface area contributed by atoms with E-state index in [9.17, 15) is 61.2 Å². The van der Waals surface area contributed by atoms with Crippen molar-refractivity contribution in [2.45, 2.75) is 112 Å². The summed E-state index contributed by atoms with van der Waals surface area (Å²) in [5.74, 6) is -5.38. The Kier molecular flexibility index (Phi) is 29.4. The van der Waals surface area contributed by atoms with E-state index in [0.29, 0.717) is 18.1 Å². The van der Waals surface area contributed by atoms with E-state index in [2.05, 4.69) is 0 Å². The number of halogens is 3. The molecule has 0 bridgehead atoms. The van der Waals surface area contributed by atoms with Gasteiger partial charge in [0.15, 0.2) is 35.2 Å². The Balaban J connectivity index is 0.000000988. The Morgan fingerprint density at radius 2 is 0.899 bits per heavy atom. The molecule has 2 aliphatic rings. The van der Waals surface area contributed by atoms with Crippen molar-refractivity contribution in [1.82, 2.24) is 0 Å². The number of esters is 7. The van der Waals surface area contributed by atoms with Gasteiger partial charge in [-0.25, -0.2) is 0 Å². The summed E-state index contributed by atoms with van der Waals surface area (Å²) in [6.45, 7) is 13.3. The van der Waals surface area contributed by atoms with Gasteiger partial charge < -0.3 is 67.4 Å². The van der Waals surface area contributed by atoms with E-state index < -0.39 is 98.5 Å². The van der Waals surface area contributed by atoms with Crippen molar-refractivity contribution in [3.8, 4) is 23.0 Å². The van der Waals surface area contributed by atoms with Crippen molar-refractivity contribution < 1.29 is 124 Å². The summed E-state index contributed by atoms with van der Waals surface area (Å²) in [5, 5.41) is 27.6. The van der Waals surface area contributed by atoms with Crippen LogP contribution in [0.1, 0.15) is 83.0 Å². The van der Waals surface area contributed by atoms with Crippen molar-refractivity contribution in [3.05, 3.63) is 47.5 Å². The smallest absolute Gasteiger partial charge is 0.504 e. The summed E-state index contributed by atoms with van der Waals surface area (Å²) in [6.07, 6.45) is -7.80. The van der Waals surface area contributed by atoms with E-state index in [1.807, 2.05) is 13.8 Å². The molecule has 0 radical (unpaired) electrons. The first-order chi connectivity index (χ1) is 32.3. The summed E-state index contributed by atoms with van der Waals surface area (Å²) in [7, 11) is -3.67. The average molecular weight is 995 g/mol. The molecule has 2 heterocycles. The lowest BCUT2D eigenvalue weighted by molar-refractivity contribution is -0.197. The summed E-state index contributed by atoms with van der Waals surface area (Å²) >= 11 is 0. The highest BCUT2D eigenvalue weighted by Crippen LogP contribution is 2.34. The van der Waals surface area contributed by atoms with E-state index in [1.54, 1.807) is 0 Å². The molecule has 0 saturated carbocycles. The Morgan fingerprint density at radius 1 is 0.536 bits per heavy atom. The summed E-state index contributed by atoms with van der Waals surface area (Å²) in [5.41, 5.74) is 0.564. The van der Waals surface area contributed by atoms with Gasteiger partial charge in [-0.3, -0.25) is 56.1 Å². The van der Waals surface area contributed by atoms with Gasteiger partial charge in [0.2, 0.25) is 24.8 Å². The number of rotatable bonds is 15. The van der Waals surface area contributed by atoms with Gasteiger partial charge in [0.1, 0.15) is 38.0 Å². The second-order valence-electron chi connectivity index (χ2n) is 13.5. The van der Waals surface area contributed by atoms with Crippen LogP contribution in [0.2, 0.25) is 0 Å². The molecule has 0 aliphatic carbocycles. The third-order valence-corrected chi connectivity index (χ3v) is 7.83. The first-order valence-corrected chi connectivity index (χ1v) is 20.2. The van der Waals surface area contributed by atoms with Gasteiger partial charge in [-0.2, -0.15) is 0 Å². The van der Waals surface area contributed by atoms with Crippen LogP contribution in [-0.4, -0.2) is 153 Å². The first kappa shape index (κ1) is 62.0. The van der Waals surface area contributed by atoms with Crippen LogP contribution in [0.25, 0.3) is 0 Å².